The molecule has 0 bridgehead atoms. The van der Waals surface area contributed by atoms with E-state index < -0.39 is 24.0 Å². The molecule has 0 saturated carbocycles. The molecule has 1 N–H and O–H groups in total. The van der Waals surface area contributed by atoms with Gasteiger partial charge in [0, 0.05) is 0 Å². The number of carbonyl (C=O) groups is 3. The number of benzene rings is 1. The molecule has 1 amide bonds. The quantitative estimate of drug-likeness (QED) is 0.416. The number of fused-ring (bicyclic) bond motifs is 1. The van der Waals surface area contributed by atoms with Crippen LogP contribution in [0.3, 0.4) is 0 Å². The highest BCUT2D eigenvalue weighted by atomic mass is 16.5. The lowest BCUT2D eigenvalue weighted by Crippen LogP contribution is -2.61. The Morgan fingerprint density at radius 3 is 2.68 bits per heavy atom. The van der Waals surface area contributed by atoms with E-state index in [0.717, 1.165) is 5.56 Å². The van der Waals surface area contributed by atoms with Gasteiger partial charge in [-0.15, -0.1) is 0 Å². The summed E-state index contributed by atoms with van der Waals surface area (Å²) in [5.41, 5.74) is 1.44. The van der Waals surface area contributed by atoms with Crippen LogP contribution in [0.25, 0.3) is 0 Å². The normalized spacial score (nSPS) is 21.6. The van der Waals surface area contributed by atoms with Crippen LogP contribution in [0.2, 0.25) is 0 Å². The van der Waals surface area contributed by atoms with Crippen LogP contribution in [0.4, 0.5) is 0 Å². The minimum atomic E-state index is -0.830. The standard InChI is InChI=1S/C21H23NO6/c1-3-9-27-21(26)19-15(10-16-18(13(2)23)20(25)22(16)19)11-17(24)28-12-14-7-5-4-6-8-14/h3-8,13,16,18,23H,1,9-12H2,2H3/t13-,16-,18-/m1/s1. The van der Waals surface area contributed by atoms with Gasteiger partial charge in [0.25, 0.3) is 0 Å². The zero-order valence-electron chi connectivity index (χ0n) is 15.7. The Morgan fingerprint density at radius 2 is 2.04 bits per heavy atom. The van der Waals surface area contributed by atoms with Gasteiger partial charge in [0.1, 0.15) is 18.9 Å². The number of esters is 2. The first-order chi connectivity index (χ1) is 13.4. The van der Waals surface area contributed by atoms with E-state index in [1.54, 1.807) is 6.92 Å². The van der Waals surface area contributed by atoms with E-state index in [-0.39, 0.29) is 37.3 Å². The predicted molar refractivity (Wildman–Crippen MR) is 99.5 cm³/mol. The largest absolute Gasteiger partial charge is 0.461 e. The van der Waals surface area contributed by atoms with E-state index in [4.69, 9.17) is 9.47 Å². The van der Waals surface area contributed by atoms with E-state index in [1.165, 1.54) is 11.0 Å². The van der Waals surface area contributed by atoms with Gasteiger partial charge in [0.2, 0.25) is 5.91 Å². The van der Waals surface area contributed by atoms with E-state index in [9.17, 15) is 19.5 Å². The number of rotatable bonds is 8. The second-order valence-electron chi connectivity index (χ2n) is 6.91. The van der Waals surface area contributed by atoms with Gasteiger partial charge < -0.3 is 19.5 Å². The maximum absolute atomic E-state index is 12.5. The first-order valence-electron chi connectivity index (χ1n) is 9.14. The van der Waals surface area contributed by atoms with Gasteiger partial charge in [-0.05, 0) is 24.5 Å². The average Bonchev–Trinajstić information content (AvgIpc) is 2.98. The lowest BCUT2D eigenvalue weighted by Gasteiger charge is -2.44. The molecule has 0 spiro atoms. The van der Waals surface area contributed by atoms with Crippen molar-refractivity contribution >= 4 is 17.8 Å². The molecule has 1 fully saturated rings. The molecule has 148 valence electrons. The van der Waals surface area contributed by atoms with Crippen molar-refractivity contribution in [1.82, 2.24) is 4.90 Å². The van der Waals surface area contributed by atoms with Crippen molar-refractivity contribution in [3.05, 3.63) is 59.8 Å². The molecule has 28 heavy (non-hydrogen) atoms. The van der Waals surface area contributed by atoms with E-state index >= 15 is 0 Å². The van der Waals surface area contributed by atoms with E-state index in [1.807, 2.05) is 30.3 Å². The number of hydrogen-bond donors (Lipinski definition) is 1. The molecule has 7 nitrogen and oxygen atoms in total. The zero-order chi connectivity index (χ0) is 20.3. The molecule has 0 aromatic heterocycles. The van der Waals surface area contributed by atoms with Crippen LogP contribution < -0.4 is 0 Å². The molecule has 2 heterocycles. The summed E-state index contributed by atoms with van der Waals surface area (Å²) in [6.45, 7) is 5.17. The highest BCUT2D eigenvalue weighted by molar-refractivity contribution is 6.01. The number of carbonyl (C=O) groups excluding carboxylic acids is 3. The molecule has 3 rings (SSSR count). The zero-order valence-corrected chi connectivity index (χ0v) is 15.7. The van der Waals surface area contributed by atoms with Crippen molar-refractivity contribution in [1.29, 1.82) is 0 Å². The minimum Gasteiger partial charge on any atom is -0.461 e. The van der Waals surface area contributed by atoms with Gasteiger partial charge in [-0.25, -0.2) is 4.79 Å². The Balaban J connectivity index is 1.72. The van der Waals surface area contributed by atoms with Crippen molar-refractivity contribution in [2.45, 2.75) is 38.5 Å². The number of aliphatic hydroxyl groups excluding tert-OH is 1. The number of nitrogens with zero attached hydrogens (tertiary/aromatic N) is 1. The van der Waals surface area contributed by atoms with Gasteiger partial charge in [0.05, 0.1) is 24.5 Å². The second-order valence-corrected chi connectivity index (χ2v) is 6.91. The van der Waals surface area contributed by atoms with Crippen LogP contribution in [0.15, 0.2) is 54.3 Å². The maximum atomic E-state index is 12.5. The summed E-state index contributed by atoms with van der Waals surface area (Å²) in [6, 6.07) is 8.92. The SMILES string of the molecule is C=CCOC(=O)C1=C(CC(=O)OCc2ccccc2)C[C@@H]2[C@@H]([C@@H](C)O)C(=O)N12. The maximum Gasteiger partial charge on any atom is 0.355 e. The van der Waals surface area contributed by atoms with Crippen molar-refractivity contribution in [2.24, 2.45) is 5.92 Å². The molecule has 1 aromatic carbocycles. The third-order valence-corrected chi connectivity index (χ3v) is 4.95. The van der Waals surface area contributed by atoms with Gasteiger partial charge in [-0.2, -0.15) is 0 Å². The highest BCUT2D eigenvalue weighted by Gasteiger charge is 2.56. The first-order valence-corrected chi connectivity index (χ1v) is 9.14. The predicted octanol–water partition coefficient (Wildman–Crippen LogP) is 1.71. The van der Waals surface area contributed by atoms with Gasteiger partial charge in [-0.3, -0.25) is 9.59 Å². The van der Waals surface area contributed by atoms with Crippen molar-refractivity contribution < 1.29 is 29.0 Å². The van der Waals surface area contributed by atoms with Gasteiger partial charge >= 0.3 is 11.9 Å². The van der Waals surface area contributed by atoms with Crippen LogP contribution in [0.1, 0.15) is 25.3 Å². The fourth-order valence-corrected chi connectivity index (χ4v) is 3.67. The van der Waals surface area contributed by atoms with Crippen LogP contribution >= 0.6 is 0 Å². The average molecular weight is 385 g/mol. The van der Waals surface area contributed by atoms with Crippen molar-refractivity contribution in [2.75, 3.05) is 6.61 Å². The second kappa shape index (κ2) is 8.39. The number of aliphatic hydroxyl groups is 1. The number of amides is 1. The fraction of sp³-hybridized carbons (Fsp3) is 0.381. The Labute approximate surface area is 163 Å². The Kier molecular flexibility index (Phi) is 5.94. The molecule has 0 unspecified atom stereocenters. The Bertz CT molecular complexity index is 813. The lowest BCUT2D eigenvalue weighted by atomic mass is 9.83. The Hall–Kier alpha value is -2.93. The minimum absolute atomic E-state index is 0.000591. The molecular formula is C21H23NO6. The number of β-lactam (4-membered cyclic amide) rings is 1. The molecule has 0 radical (unpaired) electrons. The molecule has 3 atom stereocenters. The van der Waals surface area contributed by atoms with Crippen LogP contribution in [0.5, 0.6) is 0 Å². The third-order valence-electron chi connectivity index (χ3n) is 4.95. The van der Waals surface area contributed by atoms with Crippen LogP contribution in [-0.2, 0) is 30.5 Å². The first kappa shape index (κ1) is 19.8. The fourth-order valence-electron chi connectivity index (χ4n) is 3.67. The molecule has 0 aliphatic carbocycles. The van der Waals surface area contributed by atoms with E-state index in [2.05, 4.69) is 6.58 Å². The third kappa shape index (κ3) is 3.84. The van der Waals surface area contributed by atoms with E-state index in [0.29, 0.717) is 12.0 Å². The molecule has 1 aromatic rings. The molecule has 1 saturated heterocycles. The van der Waals surface area contributed by atoms with Crippen molar-refractivity contribution in [3.8, 4) is 0 Å². The Morgan fingerprint density at radius 1 is 1.32 bits per heavy atom. The van der Waals surface area contributed by atoms with Gasteiger partial charge in [-0.1, -0.05) is 43.0 Å². The topological polar surface area (TPSA) is 93.1 Å². The molecule has 2 aliphatic rings. The summed E-state index contributed by atoms with van der Waals surface area (Å²) in [7, 11) is 0. The lowest BCUT2D eigenvalue weighted by molar-refractivity contribution is -0.162. The van der Waals surface area contributed by atoms with Crippen LogP contribution in [0, 0.1) is 5.92 Å². The molecule has 2 aliphatic heterocycles. The summed E-state index contributed by atoms with van der Waals surface area (Å²) in [5.74, 6) is -2.08. The summed E-state index contributed by atoms with van der Waals surface area (Å²) in [4.78, 5) is 38.5. The van der Waals surface area contributed by atoms with Crippen LogP contribution in [-0.4, -0.2) is 46.6 Å². The summed E-state index contributed by atoms with van der Waals surface area (Å²) in [5, 5.41) is 9.85. The molecule has 7 heteroatoms. The smallest absolute Gasteiger partial charge is 0.355 e. The highest BCUT2D eigenvalue weighted by Crippen LogP contribution is 2.44. The number of hydrogen-bond acceptors (Lipinski definition) is 6. The molecular weight excluding hydrogens is 362 g/mol. The number of ether oxygens (including phenoxy) is 2. The summed E-state index contributed by atoms with van der Waals surface area (Å²) < 4.78 is 10.4. The monoisotopic (exact) mass is 385 g/mol. The van der Waals surface area contributed by atoms with Gasteiger partial charge in [0.15, 0.2) is 0 Å². The van der Waals surface area contributed by atoms with Crippen molar-refractivity contribution in [3.63, 3.8) is 0 Å². The summed E-state index contributed by atoms with van der Waals surface area (Å²) >= 11 is 0. The summed E-state index contributed by atoms with van der Waals surface area (Å²) in [6.07, 6.45) is 0.816.